The Morgan fingerprint density at radius 2 is 2.00 bits per heavy atom. The monoisotopic (exact) mass is 390 g/mol. The molecule has 1 heterocycles. The van der Waals surface area contributed by atoms with E-state index in [4.69, 9.17) is 16.3 Å². The van der Waals surface area contributed by atoms with Gasteiger partial charge in [0, 0.05) is 36.8 Å². The van der Waals surface area contributed by atoms with Crippen molar-refractivity contribution in [3.63, 3.8) is 0 Å². The van der Waals surface area contributed by atoms with Crippen LogP contribution in [-0.4, -0.2) is 41.5 Å². The minimum Gasteiger partial charge on any atom is -0.479 e. The van der Waals surface area contributed by atoms with Gasteiger partial charge in [-0.1, -0.05) is 35.9 Å². The summed E-state index contributed by atoms with van der Waals surface area (Å²) in [7, 11) is 0. The van der Waals surface area contributed by atoms with Gasteiger partial charge in [-0.2, -0.15) is 11.8 Å². The van der Waals surface area contributed by atoms with Crippen molar-refractivity contribution >= 4 is 35.0 Å². The van der Waals surface area contributed by atoms with E-state index >= 15 is 0 Å². The summed E-state index contributed by atoms with van der Waals surface area (Å²) < 4.78 is 5.68. The van der Waals surface area contributed by atoms with Gasteiger partial charge in [-0.15, -0.1) is 0 Å². The Hall–Kier alpha value is -1.69. The van der Waals surface area contributed by atoms with E-state index in [0.29, 0.717) is 10.8 Å². The van der Waals surface area contributed by atoms with Gasteiger partial charge in [-0.3, -0.25) is 9.69 Å². The topological polar surface area (TPSA) is 41.6 Å². The Kier molecular flexibility index (Phi) is 6.83. The van der Waals surface area contributed by atoms with Crippen LogP contribution >= 0.6 is 23.4 Å². The molecule has 1 fully saturated rings. The maximum absolute atomic E-state index is 12.4. The number of carbonyl (C=O) groups is 1. The fourth-order valence-electron chi connectivity index (χ4n) is 2.79. The quantitative estimate of drug-likeness (QED) is 0.798. The van der Waals surface area contributed by atoms with E-state index < -0.39 is 6.10 Å². The number of nitrogens with one attached hydrogen (secondary N) is 1. The summed E-state index contributed by atoms with van der Waals surface area (Å²) in [5.41, 5.74) is 1.99. The number of hydrogen-bond acceptors (Lipinski definition) is 4. The number of hydrogen-bond donors (Lipinski definition) is 1. The fourth-order valence-corrected chi connectivity index (χ4v) is 3.95. The Balaban J connectivity index is 1.58. The highest BCUT2D eigenvalue weighted by molar-refractivity contribution is 7.99. The molecule has 6 heteroatoms. The maximum atomic E-state index is 12.4. The molecule has 138 valence electrons. The van der Waals surface area contributed by atoms with Crippen LogP contribution in [0.4, 0.5) is 5.69 Å². The van der Waals surface area contributed by atoms with Crippen molar-refractivity contribution < 1.29 is 9.53 Å². The molecule has 1 aliphatic heterocycles. The lowest BCUT2D eigenvalue weighted by atomic mass is 10.2. The van der Waals surface area contributed by atoms with Gasteiger partial charge >= 0.3 is 0 Å². The van der Waals surface area contributed by atoms with Crippen molar-refractivity contribution in [2.75, 3.05) is 29.9 Å². The predicted molar refractivity (Wildman–Crippen MR) is 109 cm³/mol. The lowest BCUT2D eigenvalue weighted by Crippen LogP contribution is -2.32. The van der Waals surface area contributed by atoms with E-state index in [1.165, 1.54) is 17.1 Å². The molecule has 1 saturated heterocycles. The molecule has 3 rings (SSSR count). The molecule has 4 nitrogen and oxygen atoms in total. The molecule has 1 atom stereocenters. The number of carbonyl (C=O) groups excluding carboxylic acids is 1. The van der Waals surface area contributed by atoms with E-state index in [9.17, 15) is 4.79 Å². The van der Waals surface area contributed by atoms with Gasteiger partial charge in [0.2, 0.25) is 0 Å². The van der Waals surface area contributed by atoms with Crippen LogP contribution in [-0.2, 0) is 11.3 Å². The van der Waals surface area contributed by atoms with Gasteiger partial charge in [-0.05, 0) is 36.8 Å². The highest BCUT2D eigenvalue weighted by Gasteiger charge is 2.17. The van der Waals surface area contributed by atoms with Gasteiger partial charge < -0.3 is 10.1 Å². The van der Waals surface area contributed by atoms with Crippen LogP contribution in [0.15, 0.2) is 48.5 Å². The van der Waals surface area contributed by atoms with Crippen LogP contribution in [0.5, 0.6) is 5.75 Å². The van der Waals surface area contributed by atoms with Crippen LogP contribution in [0, 0.1) is 0 Å². The van der Waals surface area contributed by atoms with E-state index in [2.05, 4.69) is 16.3 Å². The highest BCUT2D eigenvalue weighted by Crippen LogP contribution is 2.24. The summed E-state index contributed by atoms with van der Waals surface area (Å²) in [6, 6.07) is 15.1. The number of anilines is 1. The van der Waals surface area contributed by atoms with Crippen molar-refractivity contribution in [3.05, 3.63) is 59.1 Å². The molecule has 0 bridgehead atoms. The minimum atomic E-state index is -0.641. The maximum Gasteiger partial charge on any atom is 0.265 e. The molecular formula is C20H23ClN2O2S. The normalized spacial score (nSPS) is 16.1. The fraction of sp³-hybridized carbons (Fsp3) is 0.350. The molecule has 0 aromatic heterocycles. The number of amides is 1. The Morgan fingerprint density at radius 1 is 1.23 bits per heavy atom. The first kappa shape index (κ1) is 19.1. The van der Waals surface area contributed by atoms with Crippen molar-refractivity contribution in [1.29, 1.82) is 0 Å². The first-order valence-corrected chi connectivity index (χ1v) is 10.3. The number of rotatable bonds is 6. The Morgan fingerprint density at radius 3 is 2.77 bits per heavy atom. The predicted octanol–water partition coefficient (Wildman–Crippen LogP) is 4.29. The second-order valence-corrected chi connectivity index (χ2v) is 7.90. The molecule has 0 aliphatic carbocycles. The standard InChI is InChI=1S/C20H23ClN2O2S/c1-15(25-19-8-3-2-7-18(19)21)20(24)22-17-6-4-5-16(13-17)14-23-9-11-26-12-10-23/h2-8,13,15H,9-12,14H2,1H3,(H,22,24). The zero-order valence-electron chi connectivity index (χ0n) is 14.8. The molecule has 1 N–H and O–H groups in total. The number of nitrogens with zero attached hydrogens (tertiary/aromatic N) is 1. The summed E-state index contributed by atoms with van der Waals surface area (Å²) in [5.74, 6) is 2.69. The van der Waals surface area contributed by atoms with Crippen LogP contribution in [0.2, 0.25) is 5.02 Å². The highest BCUT2D eigenvalue weighted by atomic mass is 35.5. The van der Waals surface area contributed by atoms with E-state index in [0.717, 1.165) is 25.3 Å². The molecule has 0 saturated carbocycles. The summed E-state index contributed by atoms with van der Waals surface area (Å²) in [6.45, 7) is 4.86. The molecule has 2 aromatic rings. The van der Waals surface area contributed by atoms with Gasteiger partial charge in [-0.25, -0.2) is 0 Å². The lowest BCUT2D eigenvalue weighted by molar-refractivity contribution is -0.122. The van der Waals surface area contributed by atoms with Gasteiger partial charge in [0.25, 0.3) is 5.91 Å². The molecular weight excluding hydrogens is 368 g/mol. The lowest BCUT2D eigenvalue weighted by Gasteiger charge is -2.26. The number of thioether (sulfide) groups is 1. The van der Waals surface area contributed by atoms with Crippen molar-refractivity contribution in [2.24, 2.45) is 0 Å². The van der Waals surface area contributed by atoms with E-state index in [1.54, 1.807) is 19.1 Å². The third kappa shape index (κ3) is 5.40. The SMILES string of the molecule is CC(Oc1ccccc1Cl)C(=O)Nc1cccc(CN2CCSCC2)c1. The molecule has 26 heavy (non-hydrogen) atoms. The van der Waals surface area contributed by atoms with Gasteiger partial charge in [0.1, 0.15) is 5.75 Å². The van der Waals surface area contributed by atoms with Crippen LogP contribution in [0.1, 0.15) is 12.5 Å². The third-order valence-corrected chi connectivity index (χ3v) is 5.47. The second-order valence-electron chi connectivity index (χ2n) is 6.27. The van der Waals surface area contributed by atoms with Crippen molar-refractivity contribution in [2.45, 2.75) is 19.6 Å². The van der Waals surface area contributed by atoms with Crippen LogP contribution < -0.4 is 10.1 Å². The third-order valence-electron chi connectivity index (χ3n) is 4.21. The van der Waals surface area contributed by atoms with E-state index in [1.807, 2.05) is 42.1 Å². The molecule has 1 amide bonds. The number of benzene rings is 2. The Bertz CT molecular complexity index is 750. The molecule has 1 aliphatic rings. The van der Waals surface area contributed by atoms with Gasteiger partial charge in [0.15, 0.2) is 6.10 Å². The average Bonchev–Trinajstić information content (AvgIpc) is 2.64. The summed E-state index contributed by atoms with van der Waals surface area (Å²) in [6.07, 6.45) is -0.641. The van der Waals surface area contributed by atoms with Crippen molar-refractivity contribution in [3.8, 4) is 5.75 Å². The van der Waals surface area contributed by atoms with Gasteiger partial charge in [0.05, 0.1) is 5.02 Å². The number of para-hydroxylation sites is 1. The smallest absolute Gasteiger partial charge is 0.265 e. The summed E-state index contributed by atoms with van der Waals surface area (Å²) >= 11 is 8.09. The largest absolute Gasteiger partial charge is 0.479 e. The van der Waals surface area contributed by atoms with E-state index in [-0.39, 0.29) is 5.91 Å². The first-order valence-electron chi connectivity index (χ1n) is 8.73. The first-order chi connectivity index (χ1) is 12.6. The number of halogens is 1. The van der Waals surface area contributed by atoms with Crippen molar-refractivity contribution in [1.82, 2.24) is 4.90 Å². The molecule has 0 radical (unpaired) electrons. The molecule has 0 spiro atoms. The molecule has 1 unspecified atom stereocenters. The average molecular weight is 391 g/mol. The zero-order chi connectivity index (χ0) is 18.4. The Labute approximate surface area is 163 Å². The van der Waals surface area contributed by atoms with Crippen LogP contribution in [0.3, 0.4) is 0 Å². The van der Waals surface area contributed by atoms with Crippen LogP contribution in [0.25, 0.3) is 0 Å². The second kappa shape index (κ2) is 9.31. The molecule has 2 aromatic carbocycles. The number of ether oxygens (including phenoxy) is 1. The minimum absolute atomic E-state index is 0.198. The zero-order valence-corrected chi connectivity index (χ0v) is 16.4. The summed E-state index contributed by atoms with van der Waals surface area (Å²) in [4.78, 5) is 14.9. The summed E-state index contributed by atoms with van der Waals surface area (Å²) in [5, 5.41) is 3.42.